The molecular formula is C24H27N3OS. The number of benzene rings is 2. The minimum absolute atomic E-state index is 0.0475. The van der Waals surface area contributed by atoms with E-state index in [2.05, 4.69) is 55.7 Å². The zero-order valence-corrected chi connectivity index (χ0v) is 18.0. The molecule has 0 aliphatic carbocycles. The third kappa shape index (κ3) is 4.35. The van der Waals surface area contributed by atoms with E-state index in [9.17, 15) is 4.79 Å². The zero-order valence-electron chi connectivity index (χ0n) is 17.2. The number of carbonyl (C=O) groups excluding carboxylic acids is 1. The van der Waals surface area contributed by atoms with E-state index in [1.807, 2.05) is 35.2 Å². The molecule has 0 saturated carbocycles. The SMILES string of the molecule is CC(C)(C)c1ccc(NC(=O)N2CCC[C@H]2c2nc(-c3ccccc3)cs2)cc1. The van der Waals surface area contributed by atoms with Crippen LogP contribution in [-0.4, -0.2) is 22.5 Å². The van der Waals surface area contributed by atoms with E-state index in [1.54, 1.807) is 11.3 Å². The van der Waals surface area contributed by atoms with Crippen LogP contribution in [0, 0.1) is 0 Å². The summed E-state index contributed by atoms with van der Waals surface area (Å²) in [6, 6.07) is 18.3. The molecule has 0 bridgehead atoms. The average Bonchev–Trinajstić information content (AvgIpc) is 3.38. The molecule has 1 aromatic heterocycles. The number of rotatable bonds is 3. The maximum atomic E-state index is 12.9. The van der Waals surface area contributed by atoms with E-state index in [0.29, 0.717) is 0 Å². The number of nitrogens with zero attached hydrogens (tertiary/aromatic N) is 2. The molecule has 0 radical (unpaired) electrons. The Morgan fingerprint density at radius 1 is 1.10 bits per heavy atom. The molecule has 1 aliphatic rings. The van der Waals surface area contributed by atoms with Crippen molar-refractivity contribution in [2.45, 2.75) is 45.1 Å². The highest BCUT2D eigenvalue weighted by Gasteiger charge is 2.32. The fraction of sp³-hybridized carbons (Fsp3) is 0.333. The molecule has 0 spiro atoms. The van der Waals surface area contributed by atoms with Crippen LogP contribution in [0.4, 0.5) is 10.5 Å². The Morgan fingerprint density at radius 3 is 2.52 bits per heavy atom. The molecule has 4 nitrogen and oxygen atoms in total. The van der Waals surface area contributed by atoms with Crippen LogP contribution in [0.5, 0.6) is 0 Å². The first-order chi connectivity index (χ1) is 13.9. The molecule has 3 aromatic rings. The van der Waals surface area contributed by atoms with Crippen LogP contribution in [0.15, 0.2) is 60.0 Å². The molecule has 5 heteroatoms. The third-order valence-corrected chi connectivity index (χ3v) is 6.34. The summed E-state index contributed by atoms with van der Waals surface area (Å²) in [7, 11) is 0. The summed E-state index contributed by atoms with van der Waals surface area (Å²) in [5.41, 5.74) is 4.28. The molecule has 29 heavy (non-hydrogen) atoms. The molecule has 1 N–H and O–H groups in total. The normalized spacial score (nSPS) is 16.8. The first-order valence-corrected chi connectivity index (χ1v) is 11.0. The smallest absolute Gasteiger partial charge is 0.315 e. The number of aromatic nitrogens is 1. The van der Waals surface area contributed by atoms with E-state index in [1.165, 1.54) is 5.56 Å². The molecule has 1 saturated heterocycles. The maximum absolute atomic E-state index is 12.9. The lowest BCUT2D eigenvalue weighted by Gasteiger charge is -2.24. The van der Waals surface area contributed by atoms with Gasteiger partial charge >= 0.3 is 6.03 Å². The summed E-state index contributed by atoms with van der Waals surface area (Å²) in [4.78, 5) is 19.7. The Balaban J connectivity index is 1.47. The molecule has 0 unspecified atom stereocenters. The van der Waals surface area contributed by atoms with Gasteiger partial charge in [0.05, 0.1) is 11.7 Å². The lowest BCUT2D eigenvalue weighted by Crippen LogP contribution is -2.34. The van der Waals surface area contributed by atoms with Crippen LogP contribution in [0.1, 0.15) is 50.2 Å². The lowest BCUT2D eigenvalue weighted by molar-refractivity contribution is 0.207. The Hall–Kier alpha value is -2.66. The summed E-state index contributed by atoms with van der Waals surface area (Å²) >= 11 is 1.64. The maximum Gasteiger partial charge on any atom is 0.322 e. The van der Waals surface area contributed by atoms with Gasteiger partial charge in [0.25, 0.3) is 0 Å². The minimum Gasteiger partial charge on any atom is -0.315 e. The number of hydrogen-bond donors (Lipinski definition) is 1. The van der Waals surface area contributed by atoms with Crippen molar-refractivity contribution in [1.82, 2.24) is 9.88 Å². The fourth-order valence-electron chi connectivity index (χ4n) is 3.70. The van der Waals surface area contributed by atoms with Crippen molar-refractivity contribution >= 4 is 23.1 Å². The number of thiazole rings is 1. The molecule has 1 fully saturated rings. The van der Waals surface area contributed by atoms with Crippen molar-refractivity contribution in [3.05, 3.63) is 70.5 Å². The number of anilines is 1. The summed E-state index contributed by atoms with van der Waals surface area (Å²) < 4.78 is 0. The quantitative estimate of drug-likeness (QED) is 0.542. The van der Waals surface area contributed by atoms with Gasteiger partial charge in [-0.1, -0.05) is 63.2 Å². The van der Waals surface area contributed by atoms with Crippen molar-refractivity contribution < 1.29 is 4.79 Å². The highest BCUT2D eigenvalue weighted by Crippen LogP contribution is 2.36. The van der Waals surface area contributed by atoms with Gasteiger partial charge in [0, 0.05) is 23.2 Å². The molecule has 2 aromatic carbocycles. The van der Waals surface area contributed by atoms with Crippen LogP contribution in [0.3, 0.4) is 0 Å². The molecule has 2 amide bonds. The van der Waals surface area contributed by atoms with Gasteiger partial charge in [0.1, 0.15) is 5.01 Å². The predicted octanol–water partition coefficient (Wildman–Crippen LogP) is 6.48. The van der Waals surface area contributed by atoms with E-state index >= 15 is 0 Å². The van der Waals surface area contributed by atoms with Crippen LogP contribution in [0.25, 0.3) is 11.3 Å². The van der Waals surface area contributed by atoms with Crippen molar-refractivity contribution in [3.63, 3.8) is 0 Å². The van der Waals surface area contributed by atoms with Crippen molar-refractivity contribution in [3.8, 4) is 11.3 Å². The second-order valence-electron chi connectivity index (χ2n) is 8.55. The van der Waals surface area contributed by atoms with E-state index in [-0.39, 0.29) is 17.5 Å². The van der Waals surface area contributed by atoms with Crippen LogP contribution in [0.2, 0.25) is 0 Å². The van der Waals surface area contributed by atoms with Crippen molar-refractivity contribution in [1.29, 1.82) is 0 Å². The molecule has 1 aliphatic heterocycles. The van der Waals surface area contributed by atoms with Crippen LogP contribution >= 0.6 is 11.3 Å². The van der Waals surface area contributed by atoms with Gasteiger partial charge in [0.15, 0.2) is 0 Å². The van der Waals surface area contributed by atoms with Gasteiger partial charge < -0.3 is 10.2 Å². The third-order valence-electron chi connectivity index (χ3n) is 5.39. The minimum atomic E-state index is -0.0486. The number of amides is 2. The van der Waals surface area contributed by atoms with Crippen LogP contribution in [-0.2, 0) is 5.41 Å². The first-order valence-electron chi connectivity index (χ1n) is 10.1. The topological polar surface area (TPSA) is 45.2 Å². The summed E-state index contributed by atoms with van der Waals surface area (Å²) in [5, 5.41) is 6.17. The Kier molecular flexibility index (Phi) is 5.41. The molecule has 2 heterocycles. The fourth-order valence-corrected chi connectivity index (χ4v) is 4.67. The number of nitrogens with one attached hydrogen (secondary N) is 1. The lowest BCUT2D eigenvalue weighted by atomic mass is 9.87. The van der Waals surface area contributed by atoms with E-state index in [0.717, 1.165) is 41.3 Å². The summed E-state index contributed by atoms with van der Waals surface area (Å²) in [6.07, 6.45) is 1.96. The second kappa shape index (κ2) is 7.99. The van der Waals surface area contributed by atoms with Gasteiger partial charge in [-0.15, -0.1) is 11.3 Å². The number of urea groups is 1. The van der Waals surface area contributed by atoms with Gasteiger partial charge in [0.2, 0.25) is 0 Å². The van der Waals surface area contributed by atoms with Crippen LogP contribution < -0.4 is 5.32 Å². The largest absolute Gasteiger partial charge is 0.322 e. The average molecular weight is 406 g/mol. The Labute approximate surface area is 176 Å². The Morgan fingerprint density at radius 2 is 1.83 bits per heavy atom. The molecule has 4 rings (SSSR count). The Bertz CT molecular complexity index is 973. The highest BCUT2D eigenvalue weighted by molar-refractivity contribution is 7.10. The molecule has 1 atom stereocenters. The van der Waals surface area contributed by atoms with Crippen molar-refractivity contribution in [2.24, 2.45) is 0 Å². The predicted molar refractivity (Wildman–Crippen MR) is 120 cm³/mol. The molecular weight excluding hydrogens is 378 g/mol. The van der Waals surface area contributed by atoms with Gasteiger partial charge in [-0.25, -0.2) is 9.78 Å². The number of likely N-dealkylation sites (tertiary alicyclic amines) is 1. The monoisotopic (exact) mass is 405 g/mol. The van der Waals surface area contributed by atoms with Gasteiger partial charge in [-0.05, 0) is 36.0 Å². The highest BCUT2D eigenvalue weighted by atomic mass is 32.1. The van der Waals surface area contributed by atoms with Gasteiger partial charge in [-0.2, -0.15) is 0 Å². The second-order valence-corrected chi connectivity index (χ2v) is 9.44. The molecule has 150 valence electrons. The standard InChI is InChI=1S/C24H27N3OS/c1-24(2,3)18-11-13-19(14-12-18)25-23(28)27-15-7-10-21(27)22-26-20(16-29-22)17-8-5-4-6-9-17/h4-6,8-9,11-14,16,21H,7,10,15H2,1-3H3,(H,25,28)/t21-/m0/s1. The number of carbonyl (C=O) groups is 1. The van der Waals surface area contributed by atoms with Crippen molar-refractivity contribution in [2.75, 3.05) is 11.9 Å². The first kappa shape index (κ1) is 19.6. The van der Waals surface area contributed by atoms with E-state index < -0.39 is 0 Å². The van der Waals surface area contributed by atoms with E-state index in [4.69, 9.17) is 4.98 Å². The summed E-state index contributed by atoms with van der Waals surface area (Å²) in [5.74, 6) is 0. The zero-order chi connectivity index (χ0) is 20.4. The number of hydrogen-bond acceptors (Lipinski definition) is 3. The summed E-state index contributed by atoms with van der Waals surface area (Å²) in [6.45, 7) is 7.32. The van der Waals surface area contributed by atoms with Gasteiger partial charge in [-0.3, -0.25) is 0 Å².